The number of aliphatic hydroxyl groups excluding tert-OH is 2. The number of unbranched alkanes of at least 4 members (excludes halogenated alkanes) is 12. The van der Waals surface area contributed by atoms with Gasteiger partial charge in [0, 0.05) is 6.08 Å². The highest BCUT2D eigenvalue weighted by Crippen LogP contribution is 2.15. The topological polar surface area (TPSA) is 77.8 Å². The smallest absolute Gasteiger partial charge is 0.327 e. The monoisotopic (exact) mass is 370 g/mol. The van der Waals surface area contributed by atoms with Crippen molar-refractivity contribution in [2.45, 2.75) is 122 Å². The van der Waals surface area contributed by atoms with Gasteiger partial charge in [0.25, 0.3) is 0 Å². The van der Waals surface area contributed by atoms with E-state index in [1.807, 2.05) is 0 Å². The van der Waals surface area contributed by atoms with E-state index in [0.29, 0.717) is 6.42 Å². The minimum absolute atomic E-state index is 0.563. The molecule has 2 atom stereocenters. The summed E-state index contributed by atoms with van der Waals surface area (Å²) in [4.78, 5) is 10.3. The number of hydrogen-bond acceptors (Lipinski definition) is 3. The first-order valence-corrected chi connectivity index (χ1v) is 10.8. The van der Waals surface area contributed by atoms with Crippen LogP contribution in [0.3, 0.4) is 0 Å². The van der Waals surface area contributed by atoms with Crippen molar-refractivity contribution in [2.24, 2.45) is 0 Å². The van der Waals surface area contributed by atoms with Crippen LogP contribution in [0.2, 0.25) is 0 Å². The molecule has 0 heterocycles. The molecule has 0 aliphatic rings. The van der Waals surface area contributed by atoms with Crippen molar-refractivity contribution >= 4 is 5.97 Å². The number of carboxylic acid groups (broad SMARTS) is 1. The summed E-state index contributed by atoms with van der Waals surface area (Å²) in [6.45, 7) is 2.22. The SMILES string of the molecule is CCCCCCCCCC(O)C(O)CCCCCCCCC=CC(=O)O. The maximum Gasteiger partial charge on any atom is 0.327 e. The Morgan fingerprint density at radius 1 is 0.731 bits per heavy atom. The predicted octanol–water partition coefficient (Wildman–Crippen LogP) is 5.61. The molecular weight excluding hydrogens is 328 g/mol. The van der Waals surface area contributed by atoms with Crippen molar-refractivity contribution < 1.29 is 20.1 Å². The van der Waals surface area contributed by atoms with Crippen molar-refractivity contribution in [1.29, 1.82) is 0 Å². The van der Waals surface area contributed by atoms with E-state index in [1.165, 1.54) is 38.2 Å². The van der Waals surface area contributed by atoms with Gasteiger partial charge >= 0.3 is 5.97 Å². The molecule has 4 heteroatoms. The van der Waals surface area contributed by atoms with Gasteiger partial charge in [-0.1, -0.05) is 90.0 Å². The molecule has 3 N–H and O–H groups in total. The van der Waals surface area contributed by atoms with Crippen molar-refractivity contribution in [3.05, 3.63) is 12.2 Å². The predicted molar refractivity (Wildman–Crippen MR) is 108 cm³/mol. The van der Waals surface area contributed by atoms with Gasteiger partial charge in [-0.25, -0.2) is 4.79 Å². The molecule has 4 nitrogen and oxygen atoms in total. The number of carbonyl (C=O) groups is 1. The Morgan fingerprint density at radius 3 is 1.62 bits per heavy atom. The standard InChI is InChI=1S/C22H42O4/c1-2-3-4-5-8-11-14-17-20(23)21(24)18-15-12-9-6-7-10-13-16-19-22(25)26/h16,19-21,23-24H,2-15,17-18H2,1H3,(H,25,26). The molecular formula is C22H42O4. The van der Waals surface area contributed by atoms with Crippen LogP contribution in [0.4, 0.5) is 0 Å². The number of rotatable bonds is 19. The molecule has 154 valence electrons. The normalized spacial score (nSPS) is 14.0. The van der Waals surface area contributed by atoms with E-state index in [1.54, 1.807) is 6.08 Å². The molecule has 0 amide bonds. The molecule has 0 aromatic rings. The quantitative estimate of drug-likeness (QED) is 0.204. The Labute approximate surface area is 160 Å². The van der Waals surface area contributed by atoms with Gasteiger partial charge in [0.1, 0.15) is 0 Å². The maximum atomic E-state index is 10.3. The Balaban J connectivity index is 3.38. The third-order valence-electron chi connectivity index (χ3n) is 4.93. The third kappa shape index (κ3) is 17.9. The highest BCUT2D eigenvalue weighted by atomic mass is 16.4. The van der Waals surface area contributed by atoms with E-state index in [2.05, 4.69) is 6.92 Å². The summed E-state index contributed by atoms with van der Waals surface area (Å²) in [7, 11) is 0. The Kier molecular flexibility index (Phi) is 18.3. The van der Waals surface area contributed by atoms with Crippen LogP contribution in [0.5, 0.6) is 0 Å². The van der Waals surface area contributed by atoms with Crippen molar-refractivity contribution in [2.75, 3.05) is 0 Å². The lowest BCUT2D eigenvalue weighted by molar-refractivity contribution is -0.131. The number of aliphatic hydroxyl groups is 2. The van der Waals surface area contributed by atoms with Gasteiger partial charge in [-0.2, -0.15) is 0 Å². The fourth-order valence-corrected chi connectivity index (χ4v) is 3.20. The minimum Gasteiger partial charge on any atom is -0.478 e. The van der Waals surface area contributed by atoms with Crippen molar-refractivity contribution in [1.82, 2.24) is 0 Å². The molecule has 0 aromatic carbocycles. The van der Waals surface area contributed by atoms with Gasteiger partial charge in [-0.3, -0.25) is 0 Å². The van der Waals surface area contributed by atoms with E-state index >= 15 is 0 Å². The number of allylic oxidation sites excluding steroid dienone is 1. The Bertz CT molecular complexity index is 341. The van der Waals surface area contributed by atoms with Crippen LogP contribution in [0.15, 0.2) is 12.2 Å². The van der Waals surface area contributed by atoms with E-state index in [0.717, 1.165) is 64.2 Å². The van der Waals surface area contributed by atoms with E-state index in [9.17, 15) is 15.0 Å². The van der Waals surface area contributed by atoms with Crippen LogP contribution in [0.1, 0.15) is 110 Å². The molecule has 0 spiro atoms. The second-order valence-corrected chi connectivity index (χ2v) is 7.48. The molecule has 0 radical (unpaired) electrons. The molecule has 0 saturated heterocycles. The van der Waals surface area contributed by atoms with Crippen LogP contribution in [-0.4, -0.2) is 33.5 Å². The summed E-state index contributed by atoms with van der Waals surface area (Å²) in [5, 5.41) is 28.5. The van der Waals surface area contributed by atoms with Gasteiger partial charge in [-0.05, 0) is 25.7 Å². The van der Waals surface area contributed by atoms with E-state index in [4.69, 9.17) is 5.11 Å². The van der Waals surface area contributed by atoms with Gasteiger partial charge in [0.05, 0.1) is 12.2 Å². The minimum atomic E-state index is -0.877. The summed E-state index contributed by atoms with van der Waals surface area (Å²) >= 11 is 0. The first-order valence-electron chi connectivity index (χ1n) is 10.8. The van der Waals surface area contributed by atoms with Gasteiger partial charge in [-0.15, -0.1) is 0 Å². The summed E-state index contributed by atoms with van der Waals surface area (Å²) in [6.07, 6.45) is 19.2. The average molecular weight is 371 g/mol. The highest BCUT2D eigenvalue weighted by molar-refractivity contribution is 5.79. The average Bonchev–Trinajstić information content (AvgIpc) is 2.61. The lowest BCUT2D eigenvalue weighted by Gasteiger charge is -2.17. The first-order chi connectivity index (χ1) is 12.6. The van der Waals surface area contributed by atoms with Crippen LogP contribution >= 0.6 is 0 Å². The zero-order valence-electron chi connectivity index (χ0n) is 16.9. The maximum absolute atomic E-state index is 10.3. The molecule has 2 unspecified atom stereocenters. The number of aliphatic carboxylic acids is 1. The molecule has 0 aromatic heterocycles. The molecule has 0 fully saturated rings. The second kappa shape index (κ2) is 18.9. The van der Waals surface area contributed by atoms with E-state index < -0.39 is 18.2 Å². The second-order valence-electron chi connectivity index (χ2n) is 7.48. The zero-order valence-corrected chi connectivity index (χ0v) is 16.9. The molecule has 0 saturated carbocycles. The molecule has 0 aliphatic carbocycles. The fourth-order valence-electron chi connectivity index (χ4n) is 3.20. The van der Waals surface area contributed by atoms with Crippen LogP contribution in [-0.2, 0) is 4.79 Å². The third-order valence-corrected chi connectivity index (χ3v) is 4.93. The fraction of sp³-hybridized carbons (Fsp3) is 0.864. The Morgan fingerprint density at radius 2 is 1.15 bits per heavy atom. The zero-order chi connectivity index (χ0) is 19.5. The molecule has 26 heavy (non-hydrogen) atoms. The summed E-state index contributed by atoms with van der Waals surface area (Å²) < 4.78 is 0. The lowest BCUT2D eigenvalue weighted by Crippen LogP contribution is -2.25. The molecule has 0 rings (SSSR count). The largest absolute Gasteiger partial charge is 0.478 e. The Hall–Kier alpha value is -0.870. The van der Waals surface area contributed by atoms with Crippen LogP contribution in [0.25, 0.3) is 0 Å². The van der Waals surface area contributed by atoms with Crippen molar-refractivity contribution in [3.63, 3.8) is 0 Å². The molecule has 0 aliphatic heterocycles. The summed E-state index contributed by atoms with van der Waals surface area (Å²) in [5.41, 5.74) is 0. The lowest BCUT2D eigenvalue weighted by atomic mass is 9.99. The highest BCUT2D eigenvalue weighted by Gasteiger charge is 2.15. The van der Waals surface area contributed by atoms with Crippen LogP contribution < -0.4 is 0 Å². The van der Waals surface area contributed by atoms with Gasteiger partial charge in [0.2, 0.25) is 0 Å². The molecule has 0 bridgehead atoms. The number of hydrogen-bond donors (Lipinski definition) is 3. The van der Waals surface area contributed by atoms with Gasteiger partial charge in [0.15, 0.2) is 0 Å². The van der Waals surface area contributed by atoms with E-state index in [-0.39, 0.29) is 0 Å². The summed E-state index contributed by atoms with van der Waals surface area (Å²) in [6, 6.07) is 0. The van der Waals surface area contributed by atoms with Gasteiger partial charge < -0.3 is 15.3 Å². The first kappa shape index (κ1) is 25.1. The summed E-state index contributed by atoms with van der Waals surface area (Å²) in [5.74, 6) is -0.877. The number of carboxylic acids is 1. The van der Waals surface area contributed by atoms with Crippen LogP contribution in [0, 0.1) is 0 Å². The van der Waals surface area contributed by atoms with Crippen molar-refractivity contribution in [3.8, 4) is 0 Å².